The molecule has 128 valence electrons. The van der Waals surface area contributed by atoms with E-state index in [1.165, 1.54) is 28.8 Å². The van der Waals surface area contributed by atoms with Crippen LogP contribution < -0.4 is 0 Å². The number of nitrogens with zero attached hydrogens (tertiary/aromatic N) is 1. The van der Waals surface area contributed by atoms with Gasteiger partial charge >= 0.3 is 11.9 Å². The molecule has 2 rings (SSSR count). The standard InChI is InChI=1S/C16H16ClNO5S/c1-2-22-15(20)9-14-18(13(19)10-24-14)6-7-23-16(21)11-4-3-5-12(17)8-11/h3-5,8-9H,2,6-7,10H2,1H3/b14-9-. The van der Waals surface area contributed by atoms with Crippen LogP contribution in [0.5, 0.6) is 0 Å². The molecule has 1 fully saturated rings. The lowest BCUT2D eigenvalue weighted by atomic mass is 10.2. The Morgan fingerprint density at radius 3 is 2.88 bits per heavy atom. The minimum atomic E-state index is -0.521. The summed E-state index contributed by atoms with van der Waals surface area (Å²) in [5, 5.41) is 0.937. The monoisotopic (exact) mass is 369 g/mol. The Morgan fingerprint density at radius 2 is 2.17 bits per heavy atom. The summed E-state index contributed by atoms with van der Waals surface area (Å²) in [5.74, 6) is -0.925. The van der Waals surface area contributed by atoms with Crippen LogP contribution in [0.2, 0.25) is 5.02 Å². The van der Waals surface area contributed by atoms with Crippen molar-refractivity contribution in [1.82, 2.24) is 4.90 Å². The Morgan fingerprint density at radius 1 is 1.38 bits per heavy atom. The molecule has 0 saturated carbocycles. The van der Waals surface area contributed by atoms with Gasteiger partial charge < -0.3 is 14.4 Å². The van der Waals surface area contributed by atoms with Gasteiger partial charge in [0.2, 0.25) is 5.91 Å². The largest absolute Gasteiger partial charge is 0.463 e. The fourth-order valence-corrected chi connectivity index (χ4v) is 3.13. The predicted octanol–water partition coefficient (Wildman–Crippen LogP) is 2.48. The zero-order valence-electron chi connectivity index (χ0n) is 13.0. The van der Waals surface area contributed by atoms with Gasteiger partial charge in [0.15, 0.2) is 0 Å². The second-order valence-corrected chi connectivity index (χ2v) is 6.15. The highest BCUT2D eigenvalue weighted by Crippen LogP contribution is 2.28. The maximum atomic E-state index is 11.9. The first-order chi connectivity index (χ1) is 11.5. The second kappa shape index (κ2) is 8.75. The van der Waals surface area contributed by atoms with Crippen LogP contribution >= 0.6 is 23.4 Å². The van der Waals surface area contributed by atoms with Crippen LogP contribution in [0.15, 0.2) is 35.4 Å². The van der Waals surface area contributed by atoms with E-state index in [4.69, 9.17) is 21.1 Å². The summed E-state index contributed by atoms with van der Waals surface area (Å²) in [6, 6.07) is 6.41. The molecule has 1 amide bonds. The van der Waals surface area contributed by atoms with Gasteiger partial charge in [-0.15, -0.1) is 0 Å². The van der Waals surface area contributed by atoms with E-state index in [2.05, 4.69) is 0 Å². The summed E-state index contributed by atoms with van der Waals surface area (Å²) in [6.45, 7) is 2.15. The van der Waals surface area contributed by atoms with Gasteiger partial charge in [-0.05, 0) is 25.1 Å². The normalized spacial score (nSPS) is 15.7. The van der Waals surface area contributed by atoms with Crippen LogP contribution in [0.25, 0.3) is 0 Å². The van der Waals surface area contributed by atoms with E-state index < -0.39 is 11.9 Å². The molecule has 0 radical (unpaired) electrons. The topological polar surface area (TPSA) is 72.9 Å². The summed E-state index contributed by atoms with van der Waals surface area (Å²) in [5.41, 5.74) is 0.340. The number of halogens is 1. The number of amides is 1. The Bertz CT molecular complexity index is 676. The molecule has 0 unspecified atom stereocenters. The van der Waals surface area contributed by atoms with Crippen molar-refractivity contribution in [1.29, 1.82) is 0 Å². The lowest BCUT2D eigenvalue weighted by Crippen LogP contribution is -2.29. The smallest absolute Gasteiger partial charge is 0.338 e. The third-order valence-corrected chi connectivity index (χ3v) is 4.31. The highest BCUT2D eigenvalue weighted by Gasteiger charge is 2.27. The summed E-state index contributed by atoms with van der Waals surface area (Å²) < 4.78 is 9.98. The molecular formula is C16H16ClNO5S. The van der Waals surface area contributed by atoms with Gasteiger partial charge in [0.1, 0.15) is 6.61 Å². The summed E-state index contributed by atoms with van der Waals surface area (Å²) in [6.07, 6.45) is 1.28. The number of benzene rings is 1. The second-order valence-electron chi connectivity index (χ2n) is 4.71. The van der Waals surface area contributed by atoms with E-state index in [1.807, 2.05) is 0 Å². The van der Waals surface area contributed by atoms with Crippen molar-refractivity contribution in [3.8, 4) is 0 Å². The van der Waals surface area contributed by atoms with Gasteiger partial charge in [-0.2, -0.15) is 0 Å². The van der Waals surface area contributed by atoms with Crippen molar-refractivity contribution in [2.24, 2.45) is 0 Å². The first-order valence-corrected chi connectivity index (χ1v) is 8.62. The number of rotatable bonds is 6. The van der Waals surface area contributed by atoms with Crippen LogP contribution in [-0.2, 0) is 19.1 Å². The van der Waals surface area contributed by atoms with Gasteiger partial charge in [-0.3, -0.25) is 4.79 Å². The van der Waals surface area contributed by atoms with Crippen LogP contribution in [-0.4, -0.2) is 48.3 Å². The average Bonchev–Trinajstić information content (AvgIpc) is 2.88. The van der Waals surface area contributed by atoms with Crippen molar-refractivity contribution in [3.05, 3.63) is 46.0 Å². The van der Waals surface area contributed by atoms with Crippen molar-refractivity contribution in [2.45, 2.75) is 6.92 Å². The Labute approximate surface area is 148 Å². The molecule has 1 aromatic carbocycles. The van der Waals surface area contributed by atoms with E-state index in [0.29, 0.717) is 15.6 Å². The fraction of sp³-hybridized carbons (Fsp3) is 0.312. The number of thioether (sulfide) groups is 1. The first kappa shape index (κ1) is 18.4. The number of carbonyl (C=O) groups excluding carboxylic acids is 3. The molecule has 1 aliphatic rings. The molecule has 1 saturated heterocycles. The van der Waals surface area contributed by atoms with Crippen LogP contribution in [0.4, 0.5) is 0 Å². The molecule has 6 nitrogen and oxygen atoms in total. The van der Waals surface area contributed by atoms with E-state index in [-0.39, 0.29) is 31.4 Å². The van der Waals surface area contributed by atoms with E-state index in [1.54, 1.807) is 25.1 Å². The Balaban J connectivity index is 1.91. The SMILES string of the molecule is CCOC(=O)/C=C1\SCC(=O)N1CCOC(=O)c1cccc(Cl)c1. The van der Waals surface area contributed by atoms with Crippen molar-refractivity contribution in [2.75, 3.05) is 25.5 Å². The van der Waals surface area contributed by atoms with E-state index in [0.717, 1.165) is 0 Å². The average molecular weight is 370 g/mol. The molecule has 1 heterocycles. The molecule has 0 bridgehead atoms. The quantitative estimate of drug-likeness (QED) is 0.566. The summed E-state index contributed by atoms with van der Waals surface area (Å²) in [4.78, 5) is 36.7. The predicted molar refractivity (Wildman–Crippen MR) is 90.6 cm³/mol. The maximum Gasteiger partial charge on any atom is 0.338 e. The number of hydrogen-bond donors (Lipinski definition) is 0. The van der Waals surface area contributed by atoms with Gasteiger partial charge in [0.05, 0.1) is 35.6 Å². The lowest BCUT2D eigenvalue weighted by molar-refractivity contribution is -0.137. The molecule has 1 aliphatic heterocycles. The minimum Gasteiger partial charge on any atom is -0.463 e. The maximum absolute atomic E-state index is 11.9. The third-order valence-electron chi connectivity index (χ3n) is 3.05. The number of carbonyl (C=O) groups is 3. The molecule has 0 atom stereocenters. The highest BCUT2D eigenvalue weighted by molar-refractivity contribution is 8.04. The summed E-state index contributed by atoms with van der Waals surface area (Å²) >= 11 is 7.07. The van der Waals surface area contributed by atoms with Crippen molar-refractivity contribution < 1.29 is 23.9 Å². The van der Waals surface area contributed by atoms with Crippen molar-refractivity contribution >= 4 is 41.2 Å². The Kier molecular flexibility index (Phi) is 6.69. The molecule has 0 N–H and O–H groups in total. The molecule has 1 aromatic rings. The zero-order valence-corrected chi connectivity index (χ0v) is 14.6. The van der Waals surface area contributed by atoms with Crippen LogP contribution in [0.3, 0.4) is 0 Å². The first-order valence-electron chi connectivity index (χ1n) is 7.25. The number of hydrogen-bond acceptors (Lipinski definition) is 6. The molecule has 24 heavy (non-hydrogen) atoms. The van der Waals surface area contributed by atoms with Gasteiger partial charge in [-0.1, -0.05) is 29.4 Å². The molecular weight excluding hydrogens is 354 g/mol. The minimum absolute atomic E-state index is 0.0117. The Hall–Kier alpha value is -1.99. The van der Waals surface area contributed by atoms with Gasteiger partial charge in [0.25, 0.3) is 0 Å². The lowest BCUT2D eigenvalue weighted by Gasteiger charge is -2.16. The summed E-state index contributed by atoms with van der Waals surface area (Å²) in [7, 11) is 0. The molecule has 8 heteroatoms. The third kappa shape index (κ3) is 5.01. The van der Waals surface area contributed by atoms with E-state index in [9.17, 15) is 14.4 Å². The molecule has 0 spiro atoms. The highest BCUT2D eigenvalue weighted by atomic mass is 35.5. The fourth-order valence-electron chi connectivity index (χ4n) is 1.98. The van der Waals surface area contributed by atoms with Crippen molar-refractivity contribution in [3.63, 3.8) is 0 Å². The number of ether oxygens (including phenoxy) is 2. The molecule has 0 aromatic heterocycles. The van der Waals surface area contributed by atoms with Crippen LogP contribution in [0.1, 0.15) is 17.3 Å². The molecule has 0 aliphatic carbocycles. The van der Waals surface area contributed by atoms with Gasteiger partial charge in [0, 0.05) is 5.02 Å². The van der Waals surface area contributed by atoms with Gasteiger partial charge in [-0.25, -0.2) is 9.59 Å². The van der Waals surface area contributed by atoms with E-state index >= 15 is 0 Å². The number of esters is 2. The van der Waals surface area contributed by atoms with Crippen LogP contribution in [0, 0.1) is 0 Å². The zero-order chi connectivity index (χ0) is 17.5.